The largest absolute Gasteiger partial charge is 0.467 e. The van der Waals surface area contributed by atoms with Crippen LogP contribution in [0.2, 0.25) is 0 Å². The van der Waals surface area contributed by atoms with Crippen molar-refractivity contribution in [3.05, 3.63) is 16.0 Å². The van der Waals surface area contributed by atoms with Gasteiger partial charge in [0.15, 0.2) is 6.61 Å². The van der Waals surface area contributed by atoms with Gasteiger partial charge in [0.25, 0.3) is 5.91 Å². The van der Waals surface area contributed by atoms with Gasteiger partial charge in [0.2, 0.25) is 5.91 Å². The molecule has 0 aliphatic heterocycles. The summed E-state index contributed by atoms with van der Waals surface area (Å²) >= 11 is 1.38. The van der Waals surface area contributed by atoms with Crippen LogP contribution in [-0.4, -0.2) is 43.5 Å². The first-order valence-electron chi connectivity index (χ1n) is 9.74. The van der Waals surface area contributed by atoms with E-state index in [1.165, 1.54) is 25.4 Å². The summed E-state index contributed by atoms with van der Waals surface area (Å²) < 4.78 is 9.95. The van der Waals surface area contributed by atoms with Crippen molar-refractivity contribution in [2.75, 3.05) is 19.0 Å². The maximum atomic E-state index is 12.7. The van der Waals surface area contributed by atoms with Crippen molar-refractivity contribution in [2.45, 2.75) is 58.9 Å². The summed E-state index contributed by atoms with van der Waals surface area (Å²) in [7, 11) is 1.26. The Bertz CT molecular complexity index is 788. The number of nitrogens with one attached hydrogen (secondary N) is 2. The number of fused-ring (bicyclic) bond motifs is 1. The summed E-state index contributed by atoms with van der Waals surface area (Å²) in [5, 5.41) is 5.72. The zero-order valence-electron chi connectivity index (χ0n) is 17.3. The van der Waals surface area contributed by atoms with E-state index in [1.54, 1.807) is 0 Å². The molecule has 1 aliphatic rings. The average molecular weight is 425 g/mol. The van der Waals surface area contributed by atoms with E-state index in [0.717, 1.165) is 36.1 Å². The molecule has 1 aliphatic carbocycles. The monoisotopic (exact) mass is 424 g/mol. The number of amides is 2. The van der Waals surface area contributed by atoms with Crippen molar-refractivity contribution in [1.82, 2.24) is 5.32 Å². The number of hydrogen-bond donors (Lipinski definition) is 2. The van der Waals surface area contributed by atoms with Crippen molar-refractivity contribution in [3.63, 3.8) is 0 Å². The molecule has 2 N–H and O–H groups in total. The molecule has 2 atom stereocenters. The summed E-state index contributed by atoms with van der Waals surface area (Å²) in [5.41, 5.74) is 1.22. The van der Waals surface area contributed by atoms with Gasteiger partial charge in [-0.1, -0.05) is 20.3 Å². The first-order chi connectivity index (χ1) is 13.8. The number of anilines is 1. The fraction of sp³-hybridized carbons (Fsp3) is 0.600. The van der Waals surface area contributed by atoms with E-state index < -0.39 is 30.5 Å². The molecule has 29 heavy (non-hydrogen) atoms. The van der Waals surface area contributed by atoms with Crippen molar-refractivity contribution < 1.29 is 28.7 Å². The van der Waals surface area contributed by atoms with Crippen molar-refractivity contribution in [1.29, 1.82) is 0 Å². The molecule has 0 saturated carbocycles. The van der Waals surface area contributed by atoms with Crippen molar-refractivity contribution in [3.8, 4) is 0 Å². The summed E-state index contributed by atoms with van der Waals surface area (Å²) in [5.74, 6) is -2.18. The highest BCUT2D eigenvalue weighted by molar-refractivity contribution is 7.17. The summed E-state index contributed by atoms with van der Waals surface area (Å²) in [6.45, 7) is 4.58. The summed E-state index contributed by atoms with van der Waals surface area (Å²) in [6.07, 6.45) is 4.26. The lowest BCUT2D eigenvalue weighted by atomic mass is 9.95. The molecule has 1 aromatic rings. The third kappa shape index (κ3) is 5.79. The van der Waals surface area contributed by atoms with E-state index in [1.807, 2.05) is 13.8 Å². The van der Waals surface area contributed by atoms with Crippen LogP contribution in [0.5, 0.6) is 0 Å². The Kier molecular flexibility index (Phi) is 8.19. The normalized spacial score (nSPS) is 14.9. The number of ether oxygens (including phenoxy) is 2. The van der Waals surface area contributed by atoms with Crippen LogP contribution in [-0.2, 0) is 36.7 Å². The molecule has 0 radical (unpaired) electrons. The van der Waals surface area contributed by atoms with E-state index in [4.69, 9.17) is 9.47 Å². The van der Waals surface area contributed by atoms with Crippen LogP contribution in [0, 0.1) is 5.92 Å². The molecule has 9 heteroatoms. The number of carbonyl (C=O) groups is 4. The van der Waals surface area contributed by atoms with Gasteiger partial charge in [-0.3, -0.25) is 9.59 Å². The Morgan fingerprint density at radius 3 is 2.48 bits per heavy atom. The third-order valence-electron chi connectivity index (χ3n) is 4.98. The van der Waals surface area contributed by atoms with Gasteiger partial charge in [0, 0.05) is 11.8 Å². The topological polar surface area (TPSA) is 111 Å². The molecule has 1 heterocycles. The quantitative estimate of drug-likeness (QED) is 0.620. The minimum atomic E-state index is -0.806. The van der Waals surface area contributed by atoms with E-state index in [9.17, 15) is 19.2 Å². The van der Waals surface area contributed by atoms with Gasteiger partial charge in [0.1, 0.15) is 11.0 Å². The van der Waals surface area contributed by atoms with Gasteiger partial charge >= 0.3 is 11.9 Å². The van der Waals surface area contributed by atoms with Gasteiger partial charge in [-0.05, 0) is 37.2 Å². The van der Waals surface area contributed by atoms with Gasteiger partial charge in [-0.15, -0.1) is 11.3 Å². The van der Waals surface area contributed by atoms with Crippen molar-refractivity contribution in [2.24, 2.45) is 5.92 Å². The zero-order valence-corrected chi connectivity index (χ0v) is 18.1. The van der Waals surface area contributed by atoms with Gasteiger partial charge in [0.05, 0.1) is 12.7 Å². The maximum Gasteiger partial charge on any atom is 0.341 e. The van der Waals surface area contributed by atoms with Crippen LogP contribution in [0.4, 0.5) is 5.00 Å². The summed E-state index contributed by atoms with van der Waals surface area (Å²) in [6, 6.07) is -0.806. The van der Waals surface area contributed by atoms with Crippen LogP contribution in [0.25, 0.3) is 0 Å². The number of carbonyl (C=O) groups excluding carboxylic acids is 4. The van der Waals surface area contributed by atoms with Crippen LogP contribution >= 0.6 is 11.3 Å². The van der Waals surface area contributed by atoms with E-state index in [0.29, 0.717) is 17.0 Å². The molecule has 0 bridgehead atoms. The number of thiophene rings is 1. The molecule has 0 spiro atoms. The predicted molar refractivity (Wildman–Crippen MR) is 109 cm³/mol. The van der Waals surface area contributed by atoms with Gasteiger partial charge in [-0.25, -0.2) is 9.59 Å². The molecule has 160 valence electrons. The molecule has 8 nitrogen and oxygen atoms in total. The predicted octanol–water partition coefficient (Wildman–Crippen LogP) is 2.45. The number of methoxy groups -OCH3 is 1. The smallest absolute Gasteiger partial charge is 0.341 e. The highest BCUT2D eigenvalue weighted by Crippen LogP contribution is 2.38. The van der Waals surface area contributed by atoms with E-state index in [-0.39, 0.29) is 11.8 Å². The average Bonchev–Trinajstić information content (AvgIpc) is 3.06. The molecule has 0 aromatic carbocycles. The standard InChI is InChI=1S/C20H28N2O6S/c1-5-11(2)17(20(26)27-4)22-15(24)10-28-19(25)16-13-8-6-7-9-14(13)29-18(16)21-12(3)23/h11,17H,5-10H2,1-4H3,(H,21,23)(H,22,24)/t11-,17+/m1/s1. The fourth-order valence-corrected chi connectivity index (χ4v) is 4.57. The van der Waals surface area contributed by atoms with Crippen LogP contribution < -0.4 is 10.6 Å². The molecule has 2 amide bonds. The second kappa shape index (κ2) is 10.4. The van der Waals surface area contributed by atoms with Crippen LogP contribution in [0.15, 0.2) is 0 Å². The molecular weight excluding hydrogens is 396 g/mol. The highest BCUT2D eigenvalue weighted by atomic mass is 32.1. The molecular formula is C20H28N2O6S. The molecule has 1 aromatic heterocycles. The lowest BCUT2D eigenvalue weighted by molar-refractivity contribution is -0.147. The third-order valence-corrected chi connectivity index (χ3v) is 6.19. The Morgan fingerprint density at radius 1 is 1.17 bits per heavy atom. The Labute approximate surface area is 174 Å². The lowest BCUT2D eigenvalue weighted by Gasteiger charge is -2.21. The number of hydrogen-bond acceptors (Lipinski definition) is 7. The molecule has 2 rings (SSSR count). The lowest BCUT2D eigenvalue weighted by Crippen LogP contribution is -2.47. The highest BCUT2D eigenvalue weighted by Gasteiger charge is 2.29. The van der Waals surface area contributed by atoms with Crippen LogP contribution in [0.1, 0.15) is 60.8 Å². The number of aryl methyl sites for hydroxylation is 1. The minimum absolute atomic E-state index is 0.127. The maximum absolute atomic E-state index is 12.7. The second-order valence-corrected chi connectivity index (χ2v) is 8.23. The first-order valence-corrected chi connectivity index (χ1v) is 10.6. The molecule has 0 saturated heterocycles. The van der Waals surface area contributed by atoms with Gasteiger partial charge < -0.3 is 20.1 Å². The van der Waals surface area contributed by atoms with E-state index >= 15 is 0 Å². The Balaban J connectivity index is 2.08. The molecule has 0 unspecified atom stereocenters. The minimum Gasteiger partial charge on any atom is -0.467 e. The fourth-order valence-electron chi connectivity index (χ4n) is 3.24. The number of esters is 2. The second-order valence-electron chi connectivity index (χ2n) is 7.13. The number of rotatable bonds is 8. The van der Waals surface area contributed by atoms with Gasteiger partial charge in [-0.2, -0.15) is 0 Å². The van der Waals surface area contributed by atoms with E-state index in [2.05, 4.69) is 10.6 Å². The summed E-state index contributed by atoms with van der Waals surface area (Å²) in [4.78, 5) is 49.4. The Hall–Kier alpha value is -2.42. The SMILES string of the molecule is CC[C@@H](C)[C@H](NC(=O)COC(=O)c1c(NC(C)=O)sc2c1CCCC2)C(=O)OC. The zero-order chi connectivity index (χ0) is 21.6. The van der Waals surface area contributed by atoms with Crippen LogP contribution in [0.3, 0.4) is 0 Å². The molecule has 0 fully saturated rings. The van der Waals surface area contributed by atoms with Crippen molar-refractivity contribution >= 4 is 40.1 Å². The Morgan fingerprint density at radius 2 is 1.86 bits per heavy atom. The first kappa shape index (κ1) is 22.9.